The molecule has 3 rings (SSSR count). The Labute approximate surface area is 129 Å². The van der Waals surface area contributed by atoms with Crippen LogP contribution >= 0.6 is 11.6 Å². The van der Waals surface area contributed by atoms with Crippen LogP contribution in [0.5, 0.6) is 0 Å². The van der Waals surface area contributed by atoms with Crippen molar-refractivity contribution in [3.8, 4) is 6.07 Å². The van der Waals surface area contributed by atoms with Gasteiger partial charge >= 0.3 is 5.97 Å². The Bertz CT molecular complexity index is 619. The summed E-state index contributed by atoms with van der Waals surface area (Å²) in [5, 5.41) is 9.25. The summed E-state index contributed by atoms with van der Waals surface area (Å²) >= 11 is 5.95. The van der Waals surface area contributed by atoms with Gasteiger partial charge in [-0.1, -0.05) is 6.07 Å². The van der Waals surface area contributed by atoms with Gasteiger partial charge in [-0.05, 0) is 42.7 Å². The number of aromatic nitrogens is 1. The van der Waals surface area contributed by atoms with Crippen LogP contribution in [0.4, 0.5) is 0 Å². The van der Waals surface area contributed by atoms with E-state index < -0.39 is 0 Å². The first-order valence-corrected chi connectivity index (χ1v) is 7.68. The second-order valence-electron chi connectivity index (χ2n) is 6.05. The molecule has 0 bridgehead atoms. The van der Waals surface area contributed by atoms with Gasteiger partial charge in [0.15, 0.2) is 0 Å². The van der Waals surface area contributed by atoms with Crippen LogP contribution in [0.1, 0.15) is 42.0 Å². The van der Waals surface area contributed by atoms with E-state index in [1.807, 2.05) is 0 Å². The van der Waals surface area contributed by atoms with Gasteiger partial charge in [0.25, 0.3) is 0 Å². The monoisotopic (exact) mass is 304 g/mol. The molecule has 2 aliphatic rings. The fraction of sp³-hybridized carbons (Fsp3) is 0.562. The molecule has 1 aromatic heterocycles. The third-order valence-corrected chi connectivity index (χ3v) is 4.80. The van der Waals surface area contributed by atoms with Crippen molar-refractivity contribution in [2.24, 2.45) is 11.3 Å². The standard InChI is InChI=1S/C16H17ClN2O2/c1-21-15(20)13-5-12(13)11-4-10(14(7-17)19-8-11)6-16(9-18)2-3-16/h4,8,12-13H,2-3,5-7H2,1H3. The van der Waals surface area contributed by atoms with Crippen LogP contribution in [0.25, 0.3) is 0 Å². The lowest BCUT2D eigenvalue weighted by Crippen LogP contribution is -2.07. The second-order valence-corrected chi connectivity index (χ2v) is 6.32. The SMILES string of the molecule is COC(=O)C1CC1c1cnc(CCl)c(CC2(C#N)CC2)c1. The smallest absolute Gasteiger partial charge is 0.309 e. The van der Waals surface area contributed by atoms with E-state index in [-0.39, 0.29) is 23.2 Å². The second kappa shape index (κ2) is 5.31. The predicted octanol–water partition coefficient (Wildman–Crippen LogP) is 2.94. The number of hydrogen-bond acceptors (Lipinski definition) is 4. The van der Waals surface area contributed by atoms with Crippen molar-refractivity contribution in [2.75, 3.05) is 7.11 Å². The molecule has 2 unspecified atom stereocenters. The number of esters is 1. The van der Waals surface area contributed by atoms with Gasteiger partial charge in [-0.15, -0.1) is 11.6 Å². The van der Waals surface area contributed by atoms with Crippen LogP contribution in [-0.2, 0) is 21.8 Å². The summed E-state index contributed by atoms with van der Waals surface area (Å²) in [6.45, 7) is 0. The summed E-state index contributed by atoms with van der Waals surface area (Å²) < 4.78 is 4.79. The topological polar surface area (TPSA) is 63.0 Å². The summed E-state index contributed by atoms with van der Waals surface area (Å²) in [7, 11) is 1.42. The van der Waals surface area contributed by atoms with E-state index in [2.05, 4.69) is 17.1 Å². The highest BCUT2D eigenvalue weighted by atomic mass is 35.5. The number of carbonyl (C=O) groups is 1. The van der Waals surface area contributed by atoms with E-state index in [0.29, 0.717) is 12.3 Å². The highest BCUT2D eigenvalue weighted by Crippen LogP contribution is 2.50. The van der Waals surface area contributed by atoms with Crippen LogP contribution in [0.3, 0.4) is 0 Å². The summed E-state index contributed by atoms with van der Waals surface area (Å²) in [5.41, 5.74) is 2.74. The minimum absolute atomic E-state index is 0.0441. The maximum Gasteiger partial charge on any atom is 0.309 e. The first kappa shape index (κ1) is 14.3. The fourth-order valence-electron chi connectivity index (χ4n) is 2.85. The molecule has 0 amide bonds. The van der Waals surface area contributed by atoms with Crippen LogP contribution in [0, 0.1) is 22.7 Å². The molecule has 5 heteroatoms. The normalized spacial score (nSPS) is 25.0. The Hall–Kier alpha value is -1.60. The molecule has 0 radical (unpaired) electrons. The quantitative estimate of drug-likeness (QED) is 0.620. The maximum absolute atomic E-state index is 11.5. The zero-order chi connectivity index (χ0) is 15.0. The van der Waals surface area contributed by atoms with Crippen molar-refractivity contribution in [1.82, 2.24) is 4.98 Å². The third-order valence-electron chi connectivity index (χ3n) is 4.55. The number of carbonyl (C=O) groups excluding carboxylic acids is 1. The summed E-state index contributed by atoms with van der Waals surface area (Å²) in [5.74, 6) is 0.351. The predicted molar refractivity (Wildman–Crippen MR) is 77.6 cm³/mol. The molecular formula is C16H17ClN2O2. The molecule has 0 N–H and O–H groups in total. The Morgan fingerprint density at radius 2 is 2.38 bits per heavy atom. The van der Waals surface area contributed by atoms with E-state index in [4.69, 9.17) is 16.3 Å². The van der Waals surface area contributed by atoms with Crippen LogP contribution in [0.2, 0.25) is 0 Å². The third kappa shape index (κ3) is 2.75. The first-order valence-electron chi connectivity index (χ1n) is 7.15. The van der Waals surface area contributed by atoms with Gasteiger partial charge < -0.3 is 4.74 Å². The molecule has 2 aliphatic carbocycles. The first-order chi connectivity index (χ1) is 10.1. The fourth-order valence-corrected chi connectivity index (χ4v) is 3.09. The van der Waals surface area contributed by atoms with Crippen molar-refractivity contribution in [3.05, 3.63) is 29.1 Å². The van der Waals surface area contributed by atoms with E-state index in [9.17, 15) is 10.1 Å². The number of nitrogens with zero attached hydrogens (tertiary/aromatic N) is 2. The van der Waals surface area contributed by atoms with Crippen molar-refractivity contribution >= 4 is 17.6 Å². The Morgan fingerprint density at radius 3 is 2.95 bits per heavy atom. The molecule has 2 atom stereocenters. The number of nitriles is 1. The number of rotatable bonds is 5. The van der Waals surface area contributed by atoms with Crippen molar-refractivity contribution in [1.29, 1.82) is 5.26 Å². The van der Waals surface area contributed by atoms with Crippen LogP contribution in [-0.4, -0.2) is 18.1 Å². The highest BCUT2D eigenvalue weighted by Gasteiger charge is 2.46. The molecule has 0 aromatic carbocycles. The van der Waals surface area contributed by atoms with Crippen molar-refractivity contribution in [3.63, 3.8) is 0 Å². The van der Waals surface area contributed by atoms with Gasteiger partial charge in [0.2, 0.25) is 0 Å². The average Bonchev–Trinajstić information content (AvgIpc) is 3.41. The highest BCUT2D eigenvalue weighted by molar-refractivity contribution is 6.17. The van der Waals surface area contributed by atoms with E-state index >= 15 is 0 Å². The van der Waals surface area contributed by atoms with E-state index in [1.165, 1.54) is 7.11 Å². The van der Waals surface area contributed by atoms with E-state index in [1.54, 1.807) is 6.20 Å². The zero-order valence-corrected chi connectivity index (χ0v) is 12.7. The lowest BCUT2D eigenvalue weighted by molar-refractivity contribution is -0.142. The minimum atomic E-state index is -0.216. The largest absolute Gasteiger partial charge is 0.469 e. The molecule has 1 aromatic rings. The van der Waals surface area contributed by atoms with Crippen molar-refractivity contribution in [2.45, 2.75) is 37.5 Å². The van der Waals surface area contributed by atoms with Gasteiger partial charge in [0.1, 0.15) is 0 Å². The molecule has 1 heterocycles. The minimum Gasteiger partial charge on any atom is -0.469 e. The number of ether oxygens (including phenoxy) is 1. The molecule has 0 spiro atoms. The number of alkyl halides is 1. The van der Waals surface area contributed by atoms with Gasteiger partial charge in [-0.3, -0.25) is 9.78 Å². The summed E-state index contributed by atoms with van der Waals surface area (Å²) in [6.07, 6.45) is 5.23. The molecule has 0 aliphatic heterocycles. The number of methoxy groups -OCH3 is 1. The molecule has 4 nitrogen and oxygen atoms in total. The summed E-state index contributed by atoms with van der Waals surface area (Å²) in [6, 6.07) is 4.49. The van der Waals surface area contributed by atoms with Gasteiger partial charge in [-0.25, -0.2) is 0 Å². The number of pyridine rings is 1. The lowest BCUT2D eigenvalue weighted by atomic mass is 9.95. The van der Waals surface area contributed by atoms with Crippen LogP contribution < -0.4 is 0 Å². The number of hydrogen-bond donors (Lipinski definition) is 0. The van der Waals surface area contributed by atoms with Crippen molar-refractivity contribution < 1.29 is 9.53 Å². The molecule has 110 valence electrons. The maximum atomic E-state index is 11.5. The van der Waals surface area contributed by atoms with Gasteiger partial charge in [-0.2, -0.15) is 5.26 Å². The lowest BCUT2D eigenvalue weighted by Gasteiger charge is -2.11. The Kier molecular flexibility index (Phi) is 3.62. The molecular weight excluding hydrogens is 288 g/mol. The molecule has 0 saturated heterocycles. The molecule has 21 heavy (non-hydrogen) atoms. The Morgan fingerprint density at radius 1 is 1.62 bits per heavy atom. The van der Waals surface area contributed by atoms with Gasteiger partial charge in [0.05, 0.1) is 36.1 Å². The molecule has 2 saturated carbocycles. The summed E-state index contributed by atoms with van der Waals surface area (Å²) in [4.78, 5) is 16.0. The number of halogens is 1. The molecule has 2 fully saturated rings. The Balaban J connectivity index is 1.81. The zero-order valence-electron chi connectivity index (χ0n) is 11.9. The van der Waals surface area contributed by atoms with E-state index in [0.717, 1.165) is 36.1 Å². The average molecular weight is 305 g/mol. The van der Waals surface area contributed by atoms with Gasteiger partial charge in [0, 0.05) is 6.20 Å². The van der Waals surface area contributed by atoms with Crippen LogP contribution in [0.15, 0.2) is 12.3 Å².